The lowest BCUT2D eigenvalue weighted by Gasteiger charge is -2.37. The fourth-order valence-corrected chi connectivity index (χ4v) is 5.85. The molecule has 0 saturated carbocycles. The minimum absolute atomic E-state index is 0.00898. The molecule has 1 aliphatic heterocycles. The van der Waals surface area contributed by atoms with E-state index in [0.717, 1.165) is 5.56 Å². The maximum absolute atomic E-state index is 13.6. The maximum atomic E-state index is 13.6. The molecule has 0 aromatic heterocycles. The monoisotopic (exact) mass is 518 g/mol. The van der Waals surface area contributed by atoms with Crippen LogP contribution in [0, 0.1) is 23.6 Å². The first-order valence-corrected chi connectivity index (χ1v) is 13.4. The third-order valence-corrected chi connectivity index (χ3v) is 8.06. The van der Waals surface area contributed by atoms with Crippen molar-refractivity contribution in [1.29, 1.82) is 0 Å². The fraction of sp³-hybridized carbons (Fsp3) is 0.481. The van der Waals surface area contributed by atoms with Gasteiger partial charge in [-0.15, -0.1) is 0 Å². The number of benzene rings is 2. The fourth-order valence-electron chi connectivity index (χ4n) is 4.02. The molecule has 0 unspecified atom stereocenters. The molecule has 2 N–H and O–H groups in total. The van der Waals surface area contributed by atoms with E-state index in [-0.39, 0.29) is 41.6 Å². The minimum Gasteiger partial charge on any atom is -0.487 e. The summed E-state index contributed by atoms with van der Waals surface area (Å²) < 4.78 is 48.1. The lowest BCUT2D eigenvalue weighted by Crippen LogP contribution is -2.49. The highest BCUT2D eigenvalue weighted by atomic mass is 32.2. The predicted molar refractivity (Wildman–Crippen MR) is 136 cm³/mol. The number of ether oxygens (including phenoxy) is 1. The summed E-state index contributed by atoms with van der Waals surface area (Å²) in [7, 11) is -2.02. The van der Waals surface area contributed by atoms with Gasteiger partial charge in [0.05, 0.1) is 6.61 Å². The third-order valence-electron chi connectivity index (χ3n) is 6.04. The molecule has 0 bridgehead atoms. The highest BCUT2D eigenvalue weighted by molar-refractivity contribution is 7.89. The van der Waals surface area contributed by atoms with E-state index in [1.807, 2.05) is 18.9 Å². The first-order chi connectivity index (χ1) is 16.8. The number of aliphatic hydroxyl groups excluding tert-OH is 1. The first kappa shape index (κ1) is 28.1. The molecule has 2 aromatic carbocycles. The molecule has 1 heterocycles. The summed E-state index contributed by atoms with van der Waals surface area (Å²) in [6, 6.07) is 10.3. The SMILES string of the molecule is C[C@@H]1CN([C@@H](C)CO)S(=O)(=O)c2ccc(C#CC(C)(C)O)cc2O[C@H]1CN(C)Cc1ccc(F)cc1. The van der Waals surface area contributed by atoms with Gasteiger partial charge in [-0.1, -0.05) is 30.9 Å². The van der Waals surface area contributed by atoms with E-state index in [0.29, 0.717) is 18.7 Å². The van der Waals surface area contributed by atoms with Gasteiger partial charge >= 0.3 is 0 Å². The van der Waals surface area contributed by atoms with Crippen LogP contribution in [0.5, 0.6) is 5.75 Å². The largest absolute Gasteiger partial charge is 0.487 e. The molecule has 196 valence electrons. The van der Waals surface area contributed by atoms with E-state index < -0.39 is 21.7 Å². The van der Waals surface area contributed by atoms with Crippen molar-refractivity contribution in [3.8, 4) is 17.6 Å². The smallest absolute Gasteiger partial charge is 0.247 e. The van der Waals surface area contributed by atoms with Gasteiger partial charge in [0, 0.05) is 37.2 Å². The van der Waals surface area contributed by atoms with Crippen molar-refractivity contribution in [3.05, 3.63) is 59.4 Å². The van der Waals surface area contributed by atoms with Crippen molar-refractivity contribution in [2.24, 2.45) is 5.92 Å². The van der Waals surface area contributed by atoms with Gasteiger partial charge in [0.2, 0.25) is 10.0 Å². The first-order valence-electron chi connectivity index (χ1n) is 11.9. The number of fused-ring (bicyclic) bond motifs is 1. The van der Waals surface area contributed by atoms with E-state index in [1.165, 1.54) is 22.5 Å². The Morgan fingerprint density at radius 1 is 1.25 bits per heavy atom. The van der Waals surface area contributed by atoms with Gasteiger partial charge in [0.1, 0.15) is 28.2 Å². The van der Waals surface area contributed by atoms with Gasteiger partial charge in [0.25, 0.3) is 0 Å². The van der Waals surface area contributed by atoms with Crippen molar-refractivity contribution in [3.63, 3.8) is 0 Å². The maximum Gasteiger partial charge on any atom is 0.247 e. The molecule has 36 heavy (non-hydrogen) atoms. The molecule has 0 fully saturated rings. The van der Waals surface area contributed by atoms with Crippen LogP contribution in [-0.2, 0) is 16.6 Å². The van der Waals surface area contributed by atoms with Crippen molar-refractivity contribution in [2.45, 2.75) is 56.9 Å². The summed E-state index contributed by atoms with van der Waals surface area (Å²) in [4.78, 5) is 2.05. The van der Waals surface area contributed by atoms with Crippen LogP contribution < -0.4 is 4.74 Å². The van der Waals surface area contributed by atoms with Crippen LogP contribution in [0.25, 0.3) is 0 Å². The minimum atomic E-state index is -3.95. The second kappa shape index (κ2) is 11.3. The Labute approximate surface area is 213 Å². The van der Waals surface area contributed by atoms with E-state index >= 15 is 0 Å². The zero-order valence-corrected chi connectivity index (χ0v) is 22.2. The average molecular weight is 519 g/mol. The summed E-state index contributed by atoms with van der Waals surface area (Å²) in [5.41, 5.74) is 0.254. The highest BCUT2D eigenvalue weighted by Crippen LogP contribution is 2.34. The van der Waals surface area contributed by atoms with Gasteiger partial charge in [0.15, 0.2) is 0 Å². The third kappa shape index (κ3) is 7.05. The molecular formula is C27H35FN2O5S. The Morgan fingerprint density at radius 3 is 2.53 bits per heavy atom. The molecule has 1 aliphatic rings. The molecule has 3 atom stereocenters. The average Bonchev–Trinajstić information content (AvgIpc) is 2.80. The standard InChI is InChI=1S/C27H35FN2O5S/c1-19-15-30(20(2)18-31)36(33,34)26-11-8-21(12-13-27(3,4)32)14-24(26)35-25(19)17-29(5)16-22-6-9-23(28)10-7-22/h6-11,14,19-20,25,31-32H,15-18H2,1-5H3/t19-,20+,25+/m1/s1. The van der Waals surface area contributed by atoms with Crippen LogP contribution in [0.4, 0.5) is 4.39 Å². The van der Waals surface area contributed by atoms with Gasteiger partial charge < -0.3 is 14.9 Å². The van der Waals surface area contributed by atoms with E-state index in [4.69, 9.17) is 4.74 Å². The molecule has 3 rings (SSSR count). The number of sulfonamides is 1. The number of aliphatic hydroxyl groups is 2. The Morgan fingerprint density at radius 2 is 1.92 bits per heavy atom. The summed E-state index contributed by atoms with van der Waals surface area (Å²) in [6.45, 7) is 7.64. The van der Waals surface area contributed by atoms with Crippen LogP contribution in [0.3, 0.4) is 0 Å². The number of hydrogen-bond acceptors (Lipinski definition) is 6. The van der Waals surface area contributed by atoms with E-state index in [2.05, 4.69) is 11.8 Å². The normalized spacial score (nSPS) is 20.9. The molecule has 0 aliphatic carbocycles. The summed E-state index contributed by atoms with van der Waals surface area (Å²) >= 11 is 0. The molecule has 0 spiro atoms. The second-order valence-corrected chi connectivity index (χ2v) is 11.9. The number of rotatable bonds is 6. The van der Waals surface area contributed by atoms with Crippen molar-refractivity contribution in [2.75, 3.05) is 26.7 Å². The summed E-state index contributed by atoms with van der Waals surface area (Å²) in [5, 5.41) is 19.7. The zero-order valence-electron chi connectivity index (χ0n) is 21.4. The van der Waals surface area contributed by atoms with E-state index in [9.17, 15) is 23.0 Å². The van der Waals surface area contributed by atoms with Crippen molar-refractivity contribution in [1.82, 2.24) is 9.21 Å². The van der Waals surface area contributed by atoms with Crippen LogP contribution in [0.2, 0.25) is 0 Å². The van der Waals surface area contributed by atoms with E-state index in [1.54, 1.807) is 45.0 Å². The second-order valence-electron chi connectivity index (χ2n) is 10.0. The summed E-state index contributed by atoms with van der Waals surface area (Å²) in [6.07, 6.45) is -0.379. The van der Waals surface area contributed by atoms with Gasteiger partial charge in [-0.25, -0.2) is 12.8 Å². The Kier molecular flexibility index (Phi) is 8.80. The Balaban J connectivity index is 1.99. The number of nitrogens with zero attached hydrogens (tertiary/aromatic N) is 2. The topological polar surface area (TPSA) is 90.3 Å². The number of halogens is 1. The van der Waals surface area contributed by atoms with Crippen LogP contribution >= 0.6 is 0 Å². The van der Waals surface area contributed by atoms with Crippen LogP contribution in [-0.4, -0.2) is 72.3 Å². The Bertz CT molecular complexity index is 1220. The molecule has 0 radical (unpaired) electrons. The van der Waals surface area contributed by atoms with Crippen molar-refractivity contribution < 1.29 is 27.8 Å². The molecule has 9 heteroatoms. The number of hydrogen-bond donors (Lipinski definition) is 2. The lowest BCUT2D eigenvalue weighted by atomic mass is 10.0. The van der Waals surface area contributed by atoms with Gasteiger partial charge in [-0.05, 0) is 63.7 Å². The Hall–Kier alpha value is -2.48. The lowest BCUT2D eigenvalue weighted by molar-refractivity contribution is 0.0733. The molecule has 2 aromatic rings. The number of likely N-dealkylation sites (N-methyl/N-ethyl adjacent to an activating group) is 1. The quantitative estimate of drug-likeness (QED) is 0.572. The molecular weight excluding hydrogens is 483 g/mol. The van der Waals surface area contributed by atoms with Crippen LogP contribution in [0.15, 0.2) is 47.4 Å². The zero-order chi connectivity index (χ0) is 26.7. The van der Waals surface area contributed by atoms with Crippen molar-refractivity contribution >= 4 is 10.0 Å². The van der Waals surface area contributed by atoms with Gasteiger partial charge in [-0.3, -0.25) is 4.90 Å². The van der Waals surface area contributed by atoms with Crippen LogP contribution in [0.1, 0.15) is 38.8 Å². The summed E-state index contributed by atoms with van der Waals surface area (Å²) in [5.74, 6) is 5.29. The predicted octanol–water partition coefficient (Wildman–Crippen LogP) is 2.85. The van der Waals surface area contributed by atoms with Gasteiger partial charge in [-0.2, -0.15) is 4.31 Å². The molecule has 7 nitrogen and oxygen atoms in total. The molecule has 0 amide bonds. The highest BCUT2D eigenvalue weighted by Gasteiger charge is 2.38. The molecule has 0 saturated heterocycles.